The predicted molar refractivity (Wildman–Crippen MR) is 71.2 cm³/mol. The highest BCUT2D eigenvalue weighted by molar-refractivity contribution is 8.03. The van der Waals surface area contributed by atoms with E-state index in [1.807, 2.05) is 25.1 Å². The number of carbonyl (C=O) groups is 1. The zero-order valence-corrected chi connectivity index (χ0v) is 10.3. The van der Waals surface area contributed by atoms with Crippen molar-refractivity contribution in [1.29, 1.82) is 0 Å². The van der Waals surface area contributed by atoms with Crippen LogP contribution in [0.25, 0.3) is 0 Å². The number of thioether (sulfide) groups is 1. The smallest absolute Gasteiger partial charge is 0.256 e. The van der Waals surface area contributed by atoms with Crippen LogP contribution in [0.3, 0.4) is 0 Å². The Kier molecular flexibility index (Phi) is 3.44. The van der Waals surface area contributed by atoms with Gasteiger partial charge in [0.25, 0.3) is 5.91 Å². The van der Waals surface area contributed by atoms with Gasteiger partial charge in [-0.3, -0.25) is 9.79 Å². The summed E-state index contributed by atoms with van der Waals surface area (Å²) >= 11 is 1.48. The topological polar surface area (TPSA) is 41.5 Å². The molecule has 1 heterocycles. The van der Waals surface area contributed by atoms with Crippen molar-refractivity contribution < 1.29 is 4.79 Å². The largest absolute Gasteiger partial charge is 0.320 e. The Morgan fingerprint density at radius 3 is 2.94 bits per heavy atom. The van der Waals surface area contributed by atoms with E-state index in [0.717, 1.165) is 9.80 Å². The molecular formula is C13H12N2OS. The Balaban J connectivity index is 2.41. The van der Waals surface area contributed by atoms with Crippen LogP contribution in [0, 0.1) is 0 Å². The second kappa shape index (κ2) is 5.01. The van der Waals surface area contributed by atoms with Gasteiger partial charge in [-0.2, -0.15) is 0 Å². The van der Waals surface area contributed by atoms with Gasteiger partial charge in [-0.05, 0) is 19.1 Å². The number of rotatable bonds is 1. The second-order valence-electron chi connectivity index (χ2n) is 3.43. The van der Waals surface area contributed by atoms with Crippen molar-refractivity contribution in [3.63, 3.8) is 0 Å². The molecule has 1 amide bonds. The maximum absolute atomic E-state index is 12.0. The van der Waals surface area contributed by atoms with Crippen molar-refractivity contribution in [2.45, 2.75) is 11.8 Å². The van der Waals surface area contributed by atoms with Gasteiger partial charge >= 0.3 is 0 Å². The SMILES string of the molecule is C=C1Sc2ccccc2C(=O)N/C1=C/N=CC. The lowest BCUT2D eigenvalue weighted by atomic mass is 10.2. The predicted octanol–water partition coefficient (Wildman–Crippen LogP) is 2.97. The molecule has 3 nitrogen and oxygen atoms in total. The van der Waals surface area contributed by atoms with Crippen LogP contribution in [-0.4, -0.2) is 12.1 Å². The highest BCUT2D eigenvalue weighted by atomic mass is 32.2. The third-order valence-electron chi connectivity index (χ3n) is 2.27. The Morgan fingerprint density at radius 2 is 2.18 bits per heavy atom. The van der Waals surface area contributed by atoms with Crippen LogP contribution >= 0.6 is 11.8 Å². The van der Waals surface area contributed by atoms with Gasteiger partial charge in [0.1, 0.15) is 0 Å². The van der Waals surface area contributed by atoms with E-state index in [9.17, 15) is 4.79 Å². The molecule has 1 aliphatic heterocycles. The molecule has 1 aromatic carbocycles. The van der Waals surface area contributed by atoms with E-state index in [2.05, 4.69) is 16.9 Å². The standard InChI is InChI=1S/C13H12N2OS/c1-3-14-8-11-9(2)17-12-7-5-4-6-10(12)13(16)15-11/h3-8H,2H2,1H3,(H,15,16)/b11-8+,14-3?. The highest BCUT2D eigenvalue weighted by Crippen LogP contribution is 2.34. The molecule has 2 rings (SSSR count). The first-order valence-corrected chi connectivity index (χ1v) is 5.99. The van der Waals surface area contributed by atoms with E-state index >= 15 is 0 Å². The first-order valence-electron chi connectivity index (χ1n) is 5.18. The number of hydrogen-bond acceptors (Lipinski definition) is 3. The molecule has 0 fully saturated rings. The summed E-state index contributed by atoms with van der Waals surface area (Å²) in [5.41, 5.74) is 1.32. The minimum atomic E-state index is -0.121. The quantitative estimate of drug-likeness (QED) is 0.772. The van der Waals surface area contributed by atoms with Crippen LogP contribution < -0.4 is 5.32 Å². The number of fused-ring (bicyclic) bond motifs is 1. The molecule has 86 valence electrons. The van der Waals surface area contributed by atoms with E-state index in [0.29, 0.717) is 11.3 Å². The van der Waals surface area contributed by atoms with Crippen molar-refractivity contribution in [2.75, 3.05) is 0 Å². The molecular weight excluding hydrogens is 232 g/mol. The van der Waals surface area contributed by atoms with Gasteiger partial charge in [0.05, 0.1) is 17.5 Å². The summed E-state index contributed by atoms with van der Waals surface area (Å²) < 4.78 is 0. The molecule has 17 heavy (non-hydrogen) atoms. The molecule has 0 radical (unpaired) electrons. The van der Waals surface area contributed by atoms with Crippen LogP contribution in [0.5, 0.6) is 0 Å². The molecule has 4 heteroatoms. The molecule has 0 aliphatic carbocycles. The van der Waals surface area contributed by atoms with Crippen molar-refractivity contribution in [1.82, 2.24) is 5.32 Å². The number of nitrogens with zero attached hydrogens (tertiary/aromatic N) is 1. The summed E-state index contributed by atoms with van der Waals surface area (Å²) in [6, 6.07) is 7.47. The number of benzene rings is 1. The fourth-order valence-electron chi connectivity index (χ4n) is 1.44. The van der Waals surface area contributed by atoms with Crippen LogP contribution in [0.4, 0.5) is 0 Å². The summed E-state index contributed by atoms with van der Waals surface area (Å²) in [6.07, 6.45) is 3.27. The molecule has 1 aliphatic rings. The van der Waals surface area contributed by atoms with Gasteiger partial charge in [0, 0.05) is 16.0 Å². The average molecular weight is 244 g/mol. The van der Waals surface area contributed by atoms with Gasteiger partial charge in [-0.25, -0.2) is 0 Å². The lowest BCUT2D eigenvalue weighted by molar-refractivity contribution is 0.0964. The second-order valence-corrected chi connectivity index (χ2v) is 4.56. The Hall–Kier alpha value is -1.81. The molecule has 0 atom stereocenters. The van der Waals surface area contributed by atoms with Gasteiger partial charge < -0.3 is 5.32 Å². The molecule has 1 N–H and O–H groups in total. The Bertz CT molecular complexity index is 532. The summed E-state index contributed by atoms with van der Waals surface area (Å²) in [7, 11) is 0. The van der Waals surface area contributed by atoms with Crippen molar-refractivity contribution in [3.05, 3.63) is 53.2 Å². The van der Waals surface area contributed by atoms with E-state index in [4.69, 9.17) is 0 Å². The fourth-order valence-corrected chi connectivity index (χ4v) is 2.34. The van der Waals surface area contributed by atoms with Gasteiger partial charge in [-0.1, -0.05) is 30.5 Å². The molecule has 0 saturated carbocycles. The molecule has 0 bridgehead atoms. The normalized spacial score (nSPS) is 18.1. The number of hydrogen-bond donors (Lipinski definition) is 1. The summed E-state index contributed by atoms with van der Waals surface area (Å²) in [6.45, 7) is 5.77. The fraction of sp³-hybridized carbons (Fsp3) is 0.0769. The van der Waals surface area contributed by atoms with Crippen LogP contribution in [0.2, 0.25) is 0 Å². The first-order chi connectivity index (χ1) is 8.22. The van der Waals surface area contributed by atoms with E-state index in [1.54, 1.807) is 18.5 Å². The minimum absolute atomic E-state index is 0.121. The zero-order valence-electron chi connectivity index (χ0n) is 9.43. The monoisotopic (exact) mass is 244 g/mol. The van der Waals surface area contributed by atoms with Crippen molar-refractivity contribution in [3.8, 4) is 0 Å². The molecule has 0 aromatic heterocycles. The Labute approximate surface area is 104 Å². The van der Waals surface area contributed by atoms with Gasteiger partial charge in [-0.15, -0.1) is 0 Å². The Morgan fingerprint density at radius 1 is 1.41 bits per heavy atom. The average Bonchev–Trinajstić information content (AvgIpc) is 2.45. The van der Waals surface area contributed by atoms with Crippen LogP contribution in [-0.2, 0) is 0 Å². The maximum Gasteiger partial charge on any atom is 0.256 e. The maximum atomic E-state index is 12.0. The van der Waals surface area contributed by atoms with Crippen LogP contribution in [0.15, 0.2) is 57.5 Å². The zero-order chi connectivity index (χ0) is 12.3. The molecule has 1 aromatic rings. The van der Waals surface area contributed by atoms with Gasteiger partial charge in [0.2, 0.25) is 0 Å². The number of aliphatic imine (C=N–C) groups is 1. The van der Waals surface area contributed by atoms with Gasteiger partial charge in [0.15, 0.2) is 0 Å². The molecule has 0 saturated heterocycles. The van der Waals surface area contributed by atoms with Crippen molar-refractivity contribution in [2.24, 2.45) is 4.99 Å². The van der Waals surface area contributed by atoms with Crippen molar-refractivity contribution >= 4 is 23.9 Å². The summed E-state index contributed by atoms with van der Waals surface area (Å²) in [4.78, 5) is 17.7. The molecule has 0 spiro atoms. The number of carbonyl (C=O) groups excluding carboxylic acids is 1. The number of nitrogens with one attached hydrogen (secondary N) is 1. The van der Waals surface area contributed by atoms with E-state index < -0.39 is 0 Å². The minimum Gasteiger partial charge on any atom is -0.320 e. The lowest BCUT2D eigenvalue weighted by Gasteiger charge is -2.04. The summed E-state index contributed by atoms with van der Waals surface area (Å²) in [5, 5.41) is 2.81. The van der Waals surface area contributed by atoms with E-state index in [1.165, 1.54) is 11.8 Å². The third kappa shape index (κ3) is 2.47. The highest BCUT2D eigenvalue weighted by Gasteiger charge is 2.19. The number of amides is 1. The molecule has 0 unspecified atom stereocenters. The lowest BCUT2D eigenvalue weighted by Crippen LogP contribution is -2.21. The third-order valence-corrected chi connectivity index (χ3v) is 3.31. The first kappa shape index (κ1) is 11.7. The van der Waals surface area contributed by atoms with E-state index in [-0.39, 0.29) is 5.91 Å². The summed E-state index contributed by atoms with van der Waals surface area (Å²) in [5.74, 6) is -0.121. The van der Waals surface area contributed by atoms with Crippen LogP contribution in [0.1, 0.15) is 17.3 Å².